The minimum atomic E-state index is 0.635. The van der Waals surface area contributed by atoms with Crippen LogP contribution in [-0.4, -0.2) is 15.0 Å². The Balaban J connectivity index is 1.99. The molecule has 0 N–H and O–H groups in total. The van der Waals surface area contributed by atoms with Crippen LogP contribution >= 0.6 is 0 Å². The molecule has 0 saturated carbocycles. The first-order valence-corrected chi connectivity index (χ1v) is 8.47. The predicted molar refractivity (Wildman–Crippen MR) is 85.7 cm³/mol. The third-order valence-corrected chi connectivity index (χ3v) is 3.60. The Hall–Kier alpha value is -0.860. The zero-order valence-electron chi connectivity index (χ0n) is 13.9. The lowest BCUT2D eigenvalue weighted by atomic mass is 10.0. The Morgan fingerprint density at radius 3 is 2.20 bits per heavy atom. The van der Waals surface area contributed by atoms with Crippen LogP contribution in [0.25, 0.3) is 0 Å². The molecule has 116 valence electrons. The zero-order valence-corrected chi connectivity index (χ0v) is 13.9. The van der Waals surface area contributed by atoms with E-state index in [9.17, 15) is 0 Å². The van der Waals surface area contributed by atoms with Crippen LogP contribution in [0.15, 0.2) is 6.20 Å². The number of aryl methyl sites for hydroxylation is 1. The summed E-state index contributed by atoms with van der Waals surface area (Å²) in [6.45, 7) is 10.0. The summed E-state index contributed by atoms with van der Waals surface area (Å²) >= 11 is 0. The number of hydrogen-bond acceptors (Lipinski definition) is 2. The third-order valence-electron chi connectivity index (χ3n) is 3.60. The van der Waals surface area contributed by atoms with Crippen molar-refractivity contribution in [3.8, 4) is 0 Å². The van der Waals surface area contributed by atoms with Gasteiger partial charge < -0.3 is 0 Å². The van der Waals surface area contributed by atoms with Gasteiger partial charge in [0.2, 0.25) is 0 Å². The van der Waals surface area contributed by atoms with E-state index in [4.69, 9.17) is 0 Å². The van der Waals surface area contributed by atoms with Crippen LogP contribution < -0.4 is 0 Å². The van der Waals surface area contributed by atoms with Gasteiger partial charge in [0, 0.05) is 12.7 Å². The molecule has 0 radical (unpaired) electrons. The van der Waals surface area contributed by atoms with Gasteiger partial charge in [0.05, 0.1) is 5.69 Å². The lowest BCUT2D eigenvalue weighted by molar-refractivity contribution is 0.472. The van der Waals surface area contributed by atoms with Crippen LogP contribution in [0.1, 0.15) is 78.3 Å². The summed E-state index contributed by atoms with van der Waals surface area (Å²) in [5.74, 6) is 1.50. The van der Waals surface area contributed by atoms with Crippen LogP contribution in [0.2, 0.25) is 0 Å². The molecule has 0 unspecified atom stereocenters. The maximum absolute atomic E-state index is 4.25. The summed E-state index contributed by atoms with van der Waals surface area (Å²) in [5.41, 5.74) is 1.16. The highest BCUT2D eigenvalue weighted by molar-refractivity contribution is 4.92. The van der Waals surface area contributed by atoms with Crippen molar-refractivity contribution in [1.82, 2.24) is 15.0 Å². The zero-order chi connectivity index (χ0) is 14.8. The Bertz CT molecular complexity index is 342. The van der Waals surface area contributed by atoms with Crippen molar-refractivity contribution >= 4 is 0 Å². The van der Waals surface area contributed by atoms with Crippen LogP contribution in [0.5, 0.6) is 0 Å². The highest BCUT2D eigenvalue weighted by Crippen LogP contribution is 2.12. The molecule has 0 spiro atoms. The van der Waals surface area contributed by atoms with Crippen LogP contribution in [0.3, 0.4) is 0 Å². The molecule has 0 atom stereocenters. The Kier molecular flexibility index (Phi) is 8.56. The SMILES string of the molecule is CC(C)CCCCCCCCc1cn(CC(C)C)nn1. The predicted octanol–water partition coefficient (Wildman–Crippen LogP) is 4.86. The summed E-state index contributed by atoms with van der Waals surface area (Å²) in [4.78, 5) is 0. The molecule has 20 heavy (non-hydrogen) atoms. The van der Waals surface area contributed by atoms with E-state index < -0.39 is 0 Å². The van der Waals surface area contributed by atoms with E-state index in [1.807, 2.05) is 4.68 Å². The molecule has 0 saturated heterocycles. The van der Waals surface area contributed by atoms with Crippen molar-refractivity contribution in [3.63, 3.8) is 0 Å². The van der Waals surface area contributed by atoms with Gasteiger partial charge in [0.25, 0.3) is 0 Å². The van der Waals surface area contributed by atoms with E-state index in [1.165, 1.54) is 44.9 Å². The Morgan fingerprint density at radius 1 is 0.900 bits per heavy atom. The maximum atomic E-state index is 4.25. The van der Waals surface area contributed by atoms with E-state index in [-0.39, 0.29) is 0 Å². The summed E-state index contributed by atoms with van der Waals surface area (Å²) in [6.07, 6.45) is 12.8. The van der Waals surface area contributed by atoms with E-state index in [0.29, 0.717) is 5.92 Å². The minimum Gasteiger partial charge on any atom is -0.252 e. The second-order valence-electron chi connectivity index (χ2n) is 6.88. The number of aromatic nitrogens is 3. The molecule has 0 aliphatic carbocycles. The second kappa shape index (κ2) is 9.95. The Labute approximate surface area is 125 Å². The number of rotatable bonds is 11. The summed E-state index contributed by atoms with van der Waals surface area (Å²) in [6, 6.07) is 0. The minimum absolute atomic E-state index is 0.635. The van der Waals surface area contributed by atoms with Gasteiger partial charge >= 0.3 is 0 Å². The lowest BCUT2D eigenvalue weighted by Gasteiger charge is -2.04. The quantitative estimate of drug-likeness (QED) is 0.541. The monoisotopic (exact) mass is 279 g/mol. The van der Waals surface area contributed by atoms with Gasteiger partial charge in [-0.2, -0.15) is 0 Å². The second-order valence-corrected chi connectivity index (χ2v) is 6.88. The molecular weight excluding hydrogens is 246 g/mol. The largest absolute Gasteiger partial charge is 0.252 e. The van der Waals surface area contributed by atoms with Crippen LogP contribution in [-0.2, 0) is 13.0 Å². The van der Waals surface area contributed by atoms with Gasteiger partial charge in [-0.25, -0.2) is 0 Å². The molecule has 0 aliphatic heterocycles. The number of unbranched alkanes of at least 4 members (excludes halogenated alkanes) is 5. The fourth-order valence-corrected chi connectivity index (χ4v) is 2.48. The number of hydrogen-bond donors (Lipinski definition) is 0. The van der Waals surface area contributed by atoms with Gasteiger partial charge in [0.15, 0.2) is 0 Å². The molecule has 3 nitrogen and oxygen atoms in total. The normalized spacial score (nSPS) is 11.7. The van der Waals surface area contributed by atoms with Crippen molar-refractivity contribution in [2.24, 2.45) is 11.8 Å². The van der Waals surface area contributed by atoms with Crippen molar-refractivity contribution in [2.45, 2.75) is 85.6 Å². The molecule has 0 aromatic carbocycles. The maximum Gasteiger partial charge on any atom is 0.0827 e. The first-order chi connectivity index (χ1) is 9.58. The summed E-state index contributed by atoms with van der Waals surface area (Å²) in [7, 11) is 0. The fraction of sp³-hybridized carbons (Fsp3) is 0.882. The molecular formula is C17H33N3. The van der Waals surface area contributed by atoms with Gasteiger partial charge in [-0.3, -0.25) is 4.68 Å². The first-order valence-electron chi connectivity index (χ1n) is 8.47. The molecule has 1 aromatic heterocycles. The average molecular weight is 279 g/mol. The lowest BCUT2D eigenvalue weighted by Crippen LogP contribution is -2.04. The number of nitrogens with zero attached hydrogens (tertiary/aromatic N) is 3. The van der Waals surface area contributed by atoms with Crippen molar-refractivity contribution in [2.75, 3.05) is 0 Å². The smallest absolute Gasteiger partial charge is 0.0827 e. The molecule has 1 rings (SSSR count). The molecule has 0 aliphatic rings. The highest BCUT2D eigenvalue weighted by atomic mass is 15.4. The van der Waals surface area contributed by atoms with E-state index >= 15 is 0 Å². The average Bonchev–Trinajstić information content (AvgIpc) is 2.79. The van der Waals surface area contributed by atoms with E-state index in [1.54, 1.807) is 0 Å². The van der Waals surface area contributed by atoms with Crippen molar-refractivity contribution in [3.05, 3.63) is 11.9 Å². The highest BCUT2D eigenvalue weighted by Gasteiger charge is 2.02. The molecule has 1 aromatic rings. The Morgan fingerprint density at radius 2 is 1.55 bits per heavy atom. The molecule has 1 heterocycles. The van der Waals surface area contributed by atoms with E-state index in [0.717, 1.165) is 24.6 Å². The molecule has 0 bridgehead atoms. The van der Waals surface area contributed by atoms with Crippen LogP contribution in [0, 0.1) is 11.8 Å². The third kappa shape index (κ3) is 8.34. The van der Waals surface area contributed by atoms with E-state index in [2.05, 4.69) is 44.2 Å². The van der Waals surface area contributed by atoms with Gasteiger partial charge in [0.1, 0.15) is 0 Å². The summed E-state index contributed by atoms with van der Waals surface area (Å²) < 4.78 is 1.98. The van der Waals surface area contributed by atoms with Crippen molar-refractivity contribution < 1.29 is 0 Å². The standard InChI is InChI=1S/C17H33N3/c1-15(2)11-9-7-5-6-8-10-12-17-14-20(19-18-17)13-16(3)4/h14-16H,5-13H2,1-4H3. The van der Waals surface area contributed by atoms with Gasteiger partial charge in [-0.1, -0.05) is 71.4 Å². The summed E-state index contributed by atoms with van der Waals surface area (Å²) in [5, 5.41) is 8.43. The first kappa shape index (κ1) is 17.2. The van der Waals surface area contributed by atoms with Crippen molar-refractivity contribution in [1.29, 1.82) is 0 Å². The van der Waals surface area contributed by atoms with Crippen LogP contribution in [0.4, 0.5) is 0 Å². The topological polar surface area (TPSA) is 30.7 Å². The fourth-order valence-electron chi connectivity index (χ4n) is 2.48. The van der Waals surface area contributed by atoms with Gasteiger partial charge in [-0.15, -0.1) is 5.10 Å². The van der Waals surface area contributed by atoms with Gasteiger partial charge in [-0.05, 0) is 24.7 Å². The molecule has 3 heteroatoms. The molecule has 0 fully saturated rings. The molecule has 0 amide bonds.